The van der Waals surface area contributed by atoms with Gasteiger partial charge in [-0.15, -0.1) is 0 Å². The van der Waals surface area contributed by atoms with E-state index in [1.807, 2.05) is 11.8 Å². The average Bonchev–Trinajstić information content (AvgIpc) is 2.49. The number of aryl methyl sites for hydroxylation is 1. The first kappa shape index (κ1) is 17.4. The molecule has 0 amide bonds. The zero-order chi connectivity index (χ0) is 15.2. The van der Waals surface area contributed by atoms with Crippen LogP contribution in [0.1, 0.15) is 50.8 Å². The second kappa shape index (κ2) is 7.94. The lowest BCUT2D eigenvalue weighted by Crippen LogP contribution is -2.37. The highest BCUT2D eigenvalue weighted by Crippen LogP contribution is 2.31. The quantitative estimate of drug-likeness (QED) is 0.758. The van der Waals surface area contributed by atoms with E-state index in [1.165, 1.54) is 24.0 Å². The van der Waals surface area contributed by atoms with Crippen LogP contribution >= 0.6 is 11.8 Å². The lowest BCUT2D eigenvalue weighted by atomic mass is 10.00. The summed E-state index contributed by atoms with van der Waals surface area (Å²) in [6.45, 7) is 9.92. The summed E-state index contributed by atoms with van der Waals surface area (Å²) in [5.74, 6) is 0.971. The molecular weight excluding hydrogens is 266 g/mol. The van der Waals surface area contributed by atoms with Gasteiger partial charge in [-0.1, -0.05) is 31.5 Å². The van der Waals surface area contributed by atoms with Crippen molar-refractivity contribution in [2.24, 2.45) is 0 Å². The lowest BCUT2D eigenvalue weighted by molar-refractivity contribution is 0.396. The Bertz CT molecular complexity index is 407. The number of nitrogens with one attached hydrogen (secondary N) is 1. The fraction of sp³-hybridized carbons (Fsp3) is 0.647. The molecule has 1 rings (SSSR count). The first-order chi connectivity index (χ1) is 9.51. The van der Waals surface area contributed by atoms with E-state index in [4.69, 9.17) is 4.74 Å². The smallest absolute Gasteiger partial charge is 0.123 e. The van der Waals surface area contributed by atoms with Gasteiger partial charge in [0.15, 0.2) is 0 Å². The topological polar surface area (TPSA) is 21.3 Å². The molecule has 1 aromatic rings. The van der Waals surface area contributed by atoms with Crippen LogP contribution in [0, 0.1) is 6.92 Å². The highest BCUT2D eigenvalue weighted by Gasteiger charge is 2.25. The summed E-state index contributed by atoms with van der Waals surface area (Å²) in [7, 11) is 1.74. The van der Waals surface area contributed by atoms with Crippen LogP contribution in [0.25, 0.3) is 0 Å². The van der Waals surface area contributed by atoms with Crippen LogP contribution in [0.3, 0.4) is 0 Å². The number of thioether (sulfide) groups is 1. The van der Waals surface area contributed by atoms with Crippen molar-refractivity contribution in [1.29, 1.82) is 0 Å². The Morgan fingerprint density at radius 3 is 2.45 bits per heavy atom. The second-order valence-electron chi connectivity index (χ2n) is 5.44. The molecule has 0 fully saturated rings. The summed E-state index contributed by atoms with van der Waals surface area (Å²) in [6, 6.07) is 6.67. The Morgan fingerprint density at radius 1 is 1.30 bits per heavy atom. The summed E-state index contributed by atoms with van der Waals surface area (Å²) in [5.41, 5.74) is 2.52. The van der Waals surface area contributed by atoms with Crippen molar-refractivity contribution in [3.8, 4) is 5.75 Å². The third-order valence-electron chi connectivity index (χ3n) is 4.30. The van der Waals surface area contributed by atoms with Crippen LogP contribution in [-0.4, -0.2) is 24.7 Å². The summed E-state index contributed by atoms with van der Waals surface area (Å²) in [6.07, 6.45) is 4.59. The molecule has 1 unspecified atom stereocenters. The van der Waals surface area contributed by atoms with Gasteiger partial charge in [-0.25, -0.2) is 0 Å². The van der Waals surface area contributed by atoms with Crippen LogP contribution in [0.15, 0.2) is 18.2 Å². The predicted octanol–water partition coefficient (Wildman–Crippen LogP) is 4.58. The fourth-order valence-electron chi connectivity index (χ4n) is 2.50. The molecule has 0 radical (unpaired) electrons. The minimum Gasteiger partial charge on any atom is -0.496 e. The molecule has 1 aromatic carbocycles. The Balaban J connectivity index is 2.81. The molecule has 0 aromatic heterocycles. The Labute approximate surface area is 128 Å². The molecule has 3 heteroatoms. The molecule has 0 saturated heterocycles. The van der Waals surface area contributed by atoms with E-state index in [1.54, 1.807) is 7.11 Å². The zero-order valence-electron chi connectivity index (χ0n) is 13.7. The van der Waals surface area contributed by atoms with Gasteiger partial charge >= 0.3 is 0 Å². The summed E-state index contributed by atoms with van der Waals surface area (Å²) in [5, 5.41) is 3.69. The van der Waals surface area contributed by atoms with Gasteiger partial charge in [-0.3, -0.25) is 0 Å². The van der Waals surface area contributed by atoms with E-state index < -0.39 is 0 Å². The van der Waals surface area contributed by atoms with Crippen molar-refractivity contribution in [3.63, 3.8) is 0 Å². The second-order valence-corrected chi connectivity index (χ2v) is 6.72. The Morgan fingerprint density at radius 2 is 1.95 bits per heavy atom. The molecule has 114 valence electrons. The Hall–Kier alpha value is -0.670. The van der Waals surface area contributed by atoms with Gasteiger partial charge in [0.05, 0.1) is 7.11 Å². The molecule has 1 N–H and O–H groups in total. The lowest BCUT2D eigenvalue weighted by Gasteiger charge is -2.32. The zero-order valence-corrected chi connectivity index (χ0v) is 14.6. The molecule has 2 nitrogen and oxygen atoms in total. The van der Waals surface area contributed by atoms with E-state index in [9.17, 15) is 0 Å². The van der Waals surface area contributed by atoms with Gasteiger partial charge in [0.2, 0.25) is 0 Å². The first-order valence-electron chi connectivity index (χ1n) is 7.45. The summed E-state index contributed by atoms with van der Waals surface area (Å²) < 4.78 is 5.83. The molecule has 0 heterocycles. The number of methoxy groups -OCH3 is 1. The molecule has 0 bridgehead atoms. The van der Waals surface area contributed by atoms with Crippen molar-refractivity contribution < 1.29 is 4.74 Å². The van der Waals surface area contributed by atoms with E-state index in [0.717, 1.165) is 12.3 Å². The van der Waals surface area contributed by atoms with Gasteiger partial charge in [0.25, 0.3) is 0 Å². The van der Waals surface area contributed by atoms with Crippen molar-refractivity contribution in [2.75, 3.05) is 19.9 Å². The van der Waals surface area contributed by atoms with Gasteiger partial charge in [0.1, 0.15) is 5.75 Å². The van der Waals surface area contributed by atoms with Crippen molar-refractivity contribution in [1.82, 2.24) is 5.32 Å². The van der Waals surface area contributed by atoms with Gasteiger partial charge in [-0.2, -0.15) is 11.8 Å². The van der Waals surface area contributed by atoms with Gasteiger partial charge in [-0.05, 0) is 39.0 Å². The number of hydrogen-bond acceptors (Lipinski definition) is 3. The molecular formula is C17H29NOS. The molecule has 20 heavy (non-hydrogen) atoms. The number of benzene rings is 1. The molecule has 1 atom stereocenters. The summed E-state index contributed by atoms with van der Waals surface area (Å²) >= 11 is 1.97. The van der Waals surface area contributed by atoms with E-state index >= 15 is 0 Å². The van der Waals surface area contributed by atoms with Crippen LogP contribution in [-0.2, 0) is 0 Å². The van der Waals surface area contributed by atoms with Crippen molar-refractivity contribution in [3.05, 3.63) is 29.3 Å². The largest absolute Gasteiger partial charge is 0.496 e. The maximum atomic E-state index is 5.49. The van der Waals surface area contributed by atoms with Gasteiger partial charge < -0.3 is 10.1 Å². The maximum Gasteiger partial charge on any atom is 0.123 e. The minimum absolute atomic E-state index is 0.300. The molecule has 0 spiro atoms. The molecule has 0 aliphatic rings. The fourth-order valence-corrected chi connectivity index (χ4v) is 3.31. The first-order valence-corrected chi connectivity index (χ1v) is 8.67. The van der Waals surface area contributed by atoms with Crippen molar-refractivity contribution >= 4 is 11.8 Å². The summed E-state index contributed by atoms with van der Waals surface area (Å²) in [4.78, 5) is 0. The van der Waals surface area contributed by atoms with Crippen LogP contribution in [0.2, 0.25) is 0 Å². The van der Waals surface area contributed by atoms with E-state index in [2.05, 4.69) is 57.5 Å². The van der Waals surface area contributed by atoms with E-state index in [-0.39, 0.29) is 0 Å². The number of rotatable bonds is 8. The van der Waals surface area contributed by atoms with Crippen LogP contribution in [0.4, 0.5) is 0 Å². The standard InChI is InChI=1S/C17H29NOS/c1-7-17(8-2,20-6)12-18-14(4)15-11-13(3)9-10-16(15)19-5/h9-11,14,18H,7-8,12H2,1-6H3. The SMILES string of the molecule is CCC(CC)(CNC(C)c1cc(C)ccc1OC)SC. The number of ether oxygens (including phenoxy) is 1. The highest BCUT2D eigenvalue weighted by molar-refractivity contribution is 8.00. The molecule has 0 aliphatic carbocycles. The predicted molar refractivity (Wildman–Crippen MR) is 91.0 cm³/mol. The Kier molecular flexibility index (Phi) is 6.90. The monoisotopic (exact) mass is 295 g/mol. The number of hydrogen-bond donors (Lipinski definition) is 1. The molecule has 0 aliphatic heterocycles. The minimum atomic E-state index is 0.300. The van der Waals surface area contributed by atoms with Gasteiger partial charge in [0, 0.05) is 22.9 Å². The molecule has 0 saturated carbocycles. The normalized spacial score (nSPS) is 13.3. The van der Waals surface area contributed by atoms with Crippen LogP contribution in [0.5, 0.6) is 5.75 Å². The van der Waals surface area contributed by atoms with Crippen molar-refractivity contribution in [2.45, 2.75) is 51.3 Å². The third-order valence-corrected chi connectivity index (χ3v) is 5.89. The average molecular weight is 295 g/mol. The third kappa shape index (κ3) is 4.16. The van der Waals surface area contributed by atoms with Crippen LogP contribution < -0.4 is 10.1 Å². The highest BCUT2D eigenvalue weighted by atomic mass is 32.2. The maximum absolute atomic E-state index is 5.49. The van der Waals surface area contributed by atoms with E-state index in [0.29, 0.717) is 10.8 Å².